The van der Waals surface area contributed by atoms with E-state index in [-0.39, 0.29) is 29.2 Å². The lowest BCUT2D eigenvalue weighted by molar-refractivity contribution is -0.139. The molecular weight excluding hydrogens is 278 g/mol. The zero-order valence-corrected chi connectivity index (χ0v) is 13.0. The summed E-state index contributed by atoms with van der Waals surface area (Å²) < 4.78 is 31.5. The van der Waals surface area contributed by atoms with Crippen molar-refractivity contribution in [2.24, 2.45) is 5.92 Å². The molecule has 1 unspecified atom stereocenters. The Balaban J connectivity index is 2.84. The Bertz CT molecular complexity index is 549. The van der Waals surface area contributed by atoms with Gasteiger partial charge in [0.2, 0.25) is 10.0 Å². The highest BCUT2D eigenvalue weighted by Gasteiger charge is 2.19. The molecule has 1 aromatic carbocycles. The predicted octanol–water partition coefficient (Wildman–Crippen LogP) is 1.72. The minimum atomic E-state index is -3.52. The number of carbonyl (C=O) groups is 1. The summed E-state index contributed by atoms with van der Waals surface area (Å²) in [4.78, 5) is 11.3. The number of esters is 1. The molecule has 0 amide bonds. The van der Waals surface area contributed by atoms with Gasteiger partial charge in [-0.15, -0.1) is 0 Å². The molecule has 20 heavy (non-hydrogen) atoms. The topological polar surface area (TPSA) is 72.5 Å². The number of hydrogen-bond donors (Lipinski definition) is 1. The van der Waals surface area contributed by atoms with Gasteiger partial charge in [-0.1, -0.05) is 26.0 Å². The van der Waals surface area contributed by atoms with E-state index in [9.17, 15) is 13.2 Å². The van der Waals surface area contributed by atoms with Crippen LogP contribution in [0.25, 0.3) is 0 Å². The molecule has 5 nitrogen and oxygen atoms in total. The summed E-state index contributed by atoms with van der Waals surface area (Å²) in [5.74, 6) is -0.143. The Kier molecular flexibility index (Phi) is 5.71. The summed E-state index contributed by atoms with van der Waals surface area (Å²) >= 11 is 0. The van der Waals surface area contributed by atoms with Crippen molar-refractivity contribution in [2.75, 3.05) is 7.11 Å². The SMILES string of the molecule is COC(=O)Cc1ccc(S(=O)(=O)NC(C)C(C)C)cc1. The lowest BCUT2D eigenvalue weighted by atomic mass is 10.1. The molecule has 0 saturated heterocycles. The molecule has 0 saturated carbocycles. The van der Waals surface area contributed by atoms with Crippen molar-refractivity contribution in [1.29, 1.82) is 0 Å². The highest BCUT2D eigenvalue weighted by atomic mass is 32.2. The fraction of sp³-hybridized carbons (Fsp3) is 0.500. The molecular formula is C14H21NO4S. The first kappa shape index (κ1) is 16.7. The predicted molar refractivity (Wildman–Crippen MR) is 76.8 cm³/mol. The van der Waals surface area contributed by atoms with Gasteiger partial charge in [-0.2, -0.15) is 0 Å². The summed E-state index contributed by atoms with van der Waals surface area (Å²) in [5, 5.41) is 0. The Labute approximate surface area is 120 Å². The van der Waals surface area contributed by atoms with E-state index in [1.165, 1.54) is 19.2 Å². The van der Waals surface area contributed by atoms with Crippen LogP contribution >= 0.6 is 0 Å². The monoisotopic (exact) mass is 299 g/mol. The van der Waals surface area contributed by atoms with Crippen LogP contribution < -0.4 is 4.72 Å². The van der Waals surface area contributed by atoms with Crippen molar-refractivity contribution in [3.63, 3.8) is 0 Å². The Hall–Kier alpha value is -1.40. The van der Waals surface area contributed by atoms with Crippen LogP contribution in [0.3, 0.4) is 0 Å². The van der Waals surface area contributed by atoms with E-state index in [1.807, 2.05) is 20.8 Å². The molecule has 0 heterocycles. The lowest BCUT2D eigenvalue weighted by Gasteiger charge is -2.17. The van der Waals surface area contributed by atoms with Gasteiger partial charge in [0, 0.05) is 6.04 Å². The third-order valence-corrected chi connectivity index (χ3v) is 4.73. The molecule has 0 aromatic heterocycles. The number of sulfonamides is 1. The number of rotatable bonds is 6. The highest BCUT2D eigenvalue weighted by Crippen LogP contribution is 2.13. The number of methoxy groups -OCH3 is 1. The molecule has 0 fully saturated rings. The molecule has 0 aliphatic heterocycles. The second kappa shape index (κ2) is 6.85. The molecule has 0 aliphatic carbocycles. The van der Waals surface area contributed by atoms with Crippen LogP contribution in [0.5, 0.6) is 0 Å². The van der Waals surface area contributed by atoms with E-state index in [4.69, 9.17) is 0 Å². The van der Waals surface area contributed by atoms with E-state index in [2.05, 4.69) is 9.46 Å². The normalized spacial score (nSPS) is 13.2. The summed E-state index contributed by atoms with van der Waals surface area (Å²) in [7, 11) is -2.20. The van der Waals surface area contributed by atoms with Gasteiger partial charge in [-0.3, -0.25) is 4.79 Å². The van der Waals surface area contributed by atoms with Crippen molar-refractivity contribution in [3.05, 3.63) is 29.8 Å². The molecule has 0 bridgehead atoms. The number of hydrogen-bond acceptors (Lipinski definition) is 4. The number of benzene rings is 1. The van der Waals surface area contributed by atoms with Crippen molar-refractivity contribution >= 4 is 16.0 Å². The molecule has 1 N–H and O–H groups in total. The van der Waals surface area contributed by atoms with Crippen LogP contribution in [0, 0.1) is 5.92 Å². The van der Waals surface area contributed by atoms with E-state index in [0.717, 1.165) is 0 Å². The summed E-state index contributed by atoms with van der Waals surface area (Å²) in [6.07, 6.45) is 0.132. The van der Waals surface area contributed by atoms with Crippen LogP contribution in [-0.4, -0.2) is 27.5 Å². The molecule has 6 heteroatoms. The minimum Gasteiger partial charge on any atom is -0.469 e. The number of nitrogens with one attached hydrogen (secondary N) is 1. The zero-order valence-electron chi connectivity index (χ0n) is 12.2. The average Bonchev–Trinajstić information content (AvgIpc) is 2.38. The van der Waals surface area contributed by atoms with E-state index in [1.54, 1.807) is 12.1 Å². The van der Waals surface area contributed by atoms with Gasteiger partial charge in [-0.05, 0) is 30.5 Å². The first-order valence-electron chi connectivity index (χ1n) is 6.44. The lowest BCUT2D eigenvalue weighted by Crippen LogP contribution is -2.36. The fourth-order valence-electron chi connectivity index (χ4n) is 1.47. The largest absolute Gasteiger partial charge is 0.469 e. The second-order valence-corrected chi connectivity index (χ2v) is 6.76. The Morgan fingerprint density at radius 1 is 1.20 bits per heavy atom. The standard InChI is InChI=1S/C14H21NO4S/c1-10(2)11(3)15-20(17,18)13-7-5-12(6-8-13)9-14(16)19-4/h5-8,10-11,15H,9H2,1-4H3. The van der Waals surface area contributed by atoms with Crippen LogP contribution in [0.4, 0.5) is 0 Å². The second-order valence-electron chi connectivity index (χ2n) is 5.05. The number of ether oxygens (including phenoxy) is 1. The van der Waals surface area contributed by atoms with Gasteiger partial charge in [0.1, 0.15) is 0 Å². The Morgan fingerprint density at radius 2 is 1.75 bits per heavy atom. The third-order valence-electron chi connectivity index (χ3n) is 3.15. The first-order valence-corrected chi connectivity index (χ1v) is 7.92. The maximum absolute atomic E-state index is 12.1. The van der Waals surface area contributed by atoms with Crippen molar-refractivity contribution in [3.8, 4) is 0 Å². The fourth-order valence-corrected chi connectivity index (χ4v) is 2.87. The van der Waals surface area contributed by atoms with Crippen LogP contribution in [0.1, 0.15) is 26.3 Å². The summed E-state index contributed by atoms with van der Waals surface area (Å²) in [6.45, 7) is 5.73. The van der Waals surface area contributed by atoms with Gasteiger partial charge in [0.15, 0.2) is 0 Å². The maximum Gasteiger partial charge on any atom is 0.309 e. The van der Waals surface area contributed by atoms with Crippen LogP contribution in [0.15, 0.2) is 29.2 Å². The third kappa shape index (κ3) is 4.61. The Morgan fingerprint density at radius 3 is 2.20 bits per heavy atom. The highest BCUT2D eigenvalue weighted by molar-refractivity contribution is 7.89. The van der Waals surface area contributed by atoms with Gasteiger partial charge < -0.3 is 4.74 Å². The van der Waals surface area contributed by atoms with E-state index < -0.39 is 10.0 Å². The van der Waals surface area contributed by atoms with Gasteiger partial charge in [-0.25, -0.2) is 13.1 Å². The summed E-state index contributed by atoms with van der Waals surface area (Å²) in [6, 6.07) is 6.08. The smallest absolute Gasteiger partial charge is 0.309 e. The molecule has 0 radical (unpaired) electrons. The van der Waals surface area contributed by atoms with E-state index in [0.29, 0.717) is 5.56 Å². The number of carbonyl (C=O) groups excluding carboxylic acids is 1. The van der Waals surface area contributed by atoms with Crippen LogP contribution in [0.2, 0.25) is 0 Å². The van der Waals surface area contributed by atoms with Gasteiger partial charge in [0.25, 0.3) is 0 Å². The molecule has 1 rings (SSSR count). The molecule has 0 aliphatic rings. The molecule has 112 valence electrons. The zero-order chi connectivity index (χ0) is 15.3. The van der Waals surface area contributed by atoms with Crippen LogP contribution in [-0.2, 0) is 26.0 Å². The van der Waals surface area contributed by atoms with Crippen molar-refractivity contribution < 1.29 is 17.9 Å². The summed E-state index contributed by atoms with van der Waals surface area (Å²) in [5.41, 5.74) is 0.715. The van der Waals surface area contributed by atoms with Crippen molar-refractivity contribution in [2.45, 2.75) is 38.1 Å². The molecule has 0 spiro atoms. The molecule has 1 atom stereocenters. The van der Waals surface area contributed by atoms with Crippen molar-refractivity contribution in [1.82, 2.24) is 4.72 Å². The quantitative estimate of drug-likeness (QED) is 0.812. The van der Waals surface area contributed by atoms with Gasteiger partial charge in [0.05, 0.1) is 18.4 Å². The van der Waals surface area contributed by atoms with Gasteiger partial charge >= 0.3 is 5.97 Å². The average molecular weight is 299 g/mol. The van der Waals surface area contributed by atoms with E-state index >= 15 is 0 Å². The first-order chi connectivity index (χ1) is 9.26. The maximum atomic E-state index is 12.1. The molecule has 1 aromatic rings. The minimum absolute atomic E-state index is 0.132.